The van der Waals surface area contributed by atoms with Crippen LogP contribution in [0.4, 0.5) is 13.2 Å². The maximum absolute atomic E-state index is 12.1. The first-order valence-corrected chi connectivity index (χ1v) is 6.83. The standard InChI is InChI=1S/C13H18F3NS/c1-10-3-5-11(6-4-10)12(9-17-2)7-8-18-13(14,15)16/h3-6,12,17H,7-9H2,1-2H3. The van der Waals surface area contributed by atoms with Crippen LogP contribution in [-0.4, -0.2) is 24.9 Å². The molecule has 1 unspecified atom stereocenters. The van der Waals surface area contributed by atoms with Gasteiger partial charge in [-0.2, -0.15) is 13.2 Å². The molecule has 1 rings (SSSR count). The lowest BCUT2D eigenvalue weighted by molar-refractivity contribution is -0.0328. The summed E-state index contributed by atoms with van der Waals surface area (Å²) >= 11 is 0.0578. The maximum Gasteiger partial charge on any atom is 0.441 e. The highest BCUT2D eigenvalue weighted by Gasteiger charge is 2.28. The molecule has 18 heavy (non-hydrogen) atoms. The fraction of sp³-hybridized carbons (Fsp3) is 0.538. The van der Waals surface area contributed by atoms with E-state index in [9.17, 15) is 13.2 Å². The summed E-state index contributed by atoms with van der Waals surface area (Å²) in [6.45, 7) is 2.69. The van der Waals surface area contributed by atoms with Gasteiger partial charge < -0.3 is 5.32 Å². The number of benzene rings is 1. The van der Waals surface area contributed by atoms with Crippen molar-refractivity contribution in [3.05, 3.63) is 35.4 Å². The highest BCUT2D eigenvalue weighted by molar-refractivity contribution is 8.00. The predicted octanol–water partition coefficient (Wildman–Crippen LogP) is 3.94. The topological polar surface area (TPSA) is 12.0 Å². The molecule has 5 heteroatoms. The molecular formula is C13H18F3NS. The average molecular weight is 277 g/mol. The van der Waals surface area contributed by atoms with E-state index >= 15 is 0 Å². The van der Waals surface area contributed by atoms with Gasteiger partial charge in [0.05, 0.1) is 0 Å². The van der Waals surface area contributed by atoms with Gasteiger partial charge in [0.15, 0.2) is 0 Å². The molecule has 0 aliphatic carbocycles. The second-order valence-corrected chi connectivity index (χ2v) is 5.41. The van der Waals surface area contributed by atoms with E-state index in [2.05, 4.69) is 5.32 Å². The first-order valence-electron chi connectivity index (χ1n) is 5.84. The van der Waals surface area contributed by atoms with Crippen LogP contribution in [0.5, 0.6) is 0 Å². The first-order chi connectivity index (χ1) is 8.42. The van der Waals surface area contributed by atoms with Crippen molar-refractivity contribution in [1.82, 2.24) is 5.32 Å². The Morgan fingerprint density at radius 3 is 2.33 bits per heavy atom. The molecule has 1 aromatic carbocycles. The molecule has 0 bridgehead atoms. The van der Waals surface area contributed by atoms with E-state index in [4.69, 9.17) is 0 Å². The number of likely N-dealkylation sites (N-methyl/N-ethyl adjacent to an activating group) is 1. The van der Waals surface area contributed by atoms with Gasteiger partial charge in [0.1, 0.15) is 0 Å². The zero-order valence-electron chi connectivity index (χ0n) is 10.6. The van der Waals surface area contributed by atoms with Gasteiger partial charge in [-0.3, -0.25) is 0 Å². The number of nitrogens with one attached hydrogen (secondary N) is 1. The fourth-order valence-electron chi connectivity index (χ4n) is 1.79. The Bertz CT molecular complexity index is 348. The van der Waals surface area contributed by atoms with E-state index < -0.39 is 5.51 Å². The number of hydrogen-bond donors (Lipinski definition) is 1. The van der Waals surface area contributed by atoms with Crippen molar-refractivity contribution < 1.29 is 13.2 Å². The molecule has 0 heterocycles. The molecule has 0 spiro atoms. The van der Waals surface area contributed by atoms with Crippen molar-refractivity contribution >= 4 is 11.8 Å². The lowest BCUT2D eigenvalue weighted by Crippen LogP contribution is -2.18. The molecule has 0 aromatic heterocycles. The van der Waals surface area contributed by atoms with Crippen molar-refractivity contribution in [2.75, 3.05) is 19.3 Å². The lowest BCUT2D eigenvalue weighted by Gasteiger charge is -2.17. The summed E-state index contributed by atoms with van der Waals surface area (Å²) in [5, 5.41) is 3.04. The highest BCUT2D eigenvalue weighted by Crippen LogP contribution is 2.32. The maximum atomic E-state index is 12.1. The fourth-order valence-corrected chi connectivity index (χ4v) is 2.42. The number of thioether (sulfide) groups is 1. The first kappa shape index (κ1) is 15.4. The van der Waals surface area contributed by atoms with Gasteiger partial charge in [0.2, 0.25) is 0 Å². The molecule has 0 aliphatic heterocycles. The van der Waals surface area contributed by atoms with E-state index in [0.29, 0.717) is 13.0 Å². The second kappa shape index (κ2) is 7.04. The normalized spacial score (nSPS) is 13.6. The molecule has 0 radical (unpaired) electrons. The Morgan fingerprint density at radius 2 is 1.83 bits per heavy atom. The second-order valence-electron chi connectivity index (χ2n) is 4.25. The molecule has 1 nitrogen and oxygen atoms in total. The van der Waals surface area contributed by atoms with Crippen LogP contribution in [0.1, 0.15) is 23.5 Å². The number of alkyl halides is 3. The third kappa shape index (κ3) is 5.78. The Hall–Kier alpha value is -0.680. The van der Waals surface area contributed by atoms with Crippen LogP contribution in [-0.2, 0) is 0 Å². The van der Waals surface area contributed by atoms with Gasteiger partial charge in [-0.1, -0.05) is 41.6 Å². The zero-order valence-corrected chi connectivity index (χ0v) is 11.4. The van der Waals surface area contributed by atoms with Crippen LogP contribution in [0, 0.1) is 6.92 Å². The van der Waals surface area contributed by atoms with Crippen molar-refractivity contribution in [3.8, 4) is 0 Å². The SMILES string of the molecule is CNCC(CCSC(F)(F)F)c1ccc(C)cc1. The zero-order chi connectivity index (χ0) is 13.6. The number of halogens is 3. The van der Waals surface area contributed by atoms with Gasteiger partial charge in [0, 0.05) is 12.3 Å². The van der Waals surface area contributed by atoms with Crippen LogP contribution in [0.2, 0.25) is 0 Å². The molecule has 1 atom stereocenters. The van der Waals surface area contributed by atoms with Gasteiger partial charge in [-0.05, 0) is 31.9 Å². The highest BCUT2D eigenvalue weighted by atomic mass is 32.2. The summed E-state index contributed by atoms with van der Waals surface area (Å²) in [5.41, 5.74) is -1.87. The molecule has 0 fully saturated rings. The van der Waals surface area contributed by atoms with Crippen molar-refractivity contribution in [2.45, 2.75) is 24.8 Å². The number of rotatable bonds is 6. The Kier molecular flexibility index (Phi) is 6.02. The summed E-state index contributed by atoms with van der Waals surface area (Å²) in [4.78, 5) is 0. The number of hydrogen-bond acceptors (Lipinski definition) is 2. The van der Waals surface area contributed by atoms with Crippen molar-refractivity contribution in [2.24, 2.45) is 0 Å². The van der Waals surface area contributed by atoms with E-state index in [-0.39, 0.29) is 23.4 Å². The van der Waals surface area contributed by atoms with Crippen molar-refractivity contribution in [3.63, 3.8) is 0 Å². The molecule has 0 saturated carbocycles. The lowest BCUT2D eigenvalue weighted by atomic mass is 9.95. The minimum absolute atomic E-state index is 0.0578. The average Bonchev–Trinajstić information content (AvgIpc) is 2.27. The molecular weight excluding hydrogens is 259 g/mol. The van der Waals surface area contributed by atoms with Crippen LogP contribution in [0.3, 0.4) is 0 Å². The van der Waals surface area contributed by atoms with E-state index in [0.717, 1.165) is 11.1 Å². The summed E-state index contributed by atoms with van der Waals surface area (Å²) in [6, 6.07) is 7.98. The minimum Gasteiger partial charge on any atom is -0.319 e. The van der Waals surface area contributed by atoms with Gasteiger partial charge in [0.25, 0.3) is 0 Å². The Labute approximate surface area is 110 Å². The molecule has 0 amide bonds. The molecule has 102 valence electrons. The monoisotopic (exact) mass is 277 g/mol. The predicted molar refractivity (Wildman–Crippen MR) is 71.0 cm³/mol. The third-order valence-electron chi connectivity index (χ3n) is 2.73. The van der Waals surface area contributed by atoms with E-state index in [1.807, 2.05) is 38.2 Å². The smallest absolute Gasteiger partial charge is 0.319 e. The Morgan fingerprint density at radius 1 is 1.22 bits per heavy atom. The quantitative estimate of drug-likeness (QED) is 0.845. The Balaban J connectivity index is 2.57. The summed E-state index contributed by atoms with van der Waals surface area (Å²) in [6.07, 6.45) is 0.522. The largest absolute Gasteiger partial charge is 0.441 e. The van der Waals surface area contributed by atoms with Gasteiger partial charge in [-0.25, -0.2) is 0 Å². The molecule has 1 aromatic rings. The third-order valence-corrected chi connectivity index (χ3v) is 3.50. The van der Waals surface area contributed by atoms with Crippen molar-refractivity contribution in [1.29, 1.82) is 0 Å². The number of aryl methyl sites for hydroxylation is 1. The molecule has 0 saturated heterocycles. The molecule has 0 aliphatic rings. The van der Waals surface area contributed by atoms with Crippen LogP contribution < -0.4 is 5.32 Å². The summed E-state index contributed by atoms with van der Waals surface area (Å²) in [7, 11) is 1.82. The van der Waals surface area contributed by atoms with Crippen LogP contribution in [0.25, 0.3) is 0 Å². The van der Waals surface area contributed by atoms with Crippen LogP contribution in [0.15, 0.2) is 24.3 Å². The van der Waals surface area contributed by atoms with Gasteiger partial charge in [-0.15, -0.1) is 0 Å². The van der Waals surface area contributed by atoms with E-state index in [1.165, 1.54) is 0 Å². The summed E-state index contributed by atoms with van der Waals surface area (Å²) in [5.74, 6) is 0.231. The van der Waals surface area contributed by atoms with Gasteiger partial charge >= 0.3 is 5.51 Å². The molecule has 1 N–H and O–H groups in total. The minimum atomic E-state index is -4.13. The summed E-state index contributed by atoms with van der Waals surface area (Å²) < 4.78 is 36.3. The van der Waals surface area contributed by atoms with Crippen LogP contribution >= 0.6 is 11.8 Å². The van der Waals surface area contributed by atoms with E-state index in [1.54, 1.807) is 0 Å².